The Morgan fingerprint density at radius 2 is 1.89 bits per heavy atom. The summed E-state index contributed by atoms with van der Waals surface area (Å²) < 4.78 is 10.8. The summed E-state index contributed by atoms with van der Waals surface area (Å²) in [5.74, 6) is 1.09. The third kappa shape index (κ3) is 3.03. The van der Waals surface area contributed by atoms with Gasteiger partial charge in [-0.2, -0.15) is 0 Å². The predicted molar refractivity (Wildman–Crippen MR) is 68.2 cm³/mol. The maximum Gasteiger partial charge on any atom is 0.290 e. The second-order valence-electron chi connectivity index (χ2n) is 5.39. The number of carbonyl (C=O) groups excluding carboxylic acids is 1. The molecule has 0 fully saturated rings. The minimum absolute atomic E-state index is 0.0314. The zero-order valence-corrected chi connectivity index (χ0v) is 10.8. The van der Waals surface area contributed by atoms with Crippen molar-refractivity contribution < 1.29 is 14.3 Å². The first-order chi connectivity index (χ1) is 8.46. The number of carbonyl (C=O) groups is 1. The van der Waals surface area contributed by atoms with Crippen LogP contribution in [0.2, 0.25) is 0 Å². The molecule has 2 rings (SSSR count). The Morgan fingerprint density at radius 3 is 2.56 bits per heavy atom. The molecule has 4 heteroatoms. The molecular formula is C14H17NO3. The van der Waals surface area contributed by atoms with E-state index in [1.54, 1.807) is 12.1 Å². The van der Waals surface area contributed by atoms with E-state index in [1.807, 2.05) is 12.1 Å². The van der Waals surface area contributed by atoms with Crippen molar-refractivity contribution in [1.29, 1.82) is 0 Å². The predicted octanol–water partition coefficient (Wildman–Crippen LogP) is 2.46. The van der Waals surface area contributed by atoms with Crippen molar-refractivity contribution in [2.45, 2.75) is 20.8 Å². The number of para-hydroxylation sites is 2. The van der Waals surface area contributed by atoms with Crippen molar-refractivity contribution in [3.63, 3.8) is 0 Å². The molecule has 0 atom stereocenters. The van der Waals surface area contributed by atoms with Crippen molar-refractivity contribution in [1.82, 2.24) is 5.32 Å². The van der Waals surface area contributed by atoms with E-state index in [2.05, 4.69) is 26.1 Å². The summed E-state index contributed by atoms with van der Waals surface area (Å²) in [7, 11) is 0. The molecule has 0 aliphatic carbocycles. The average Bonchev–Trinajstić information content (AvgIpc) is 2.34. The molecule has 1 aromatic rings. The highest BCUT2D eigenvalue weighted by Gasteiger charge is 2.21. The molecule has 1 aromatic carbocycles. The van der Waals surface area contributed by atoms with E-state index in [4.69, 9.17) is 9.47 Å². The molecule has 1 aliphatic heterocycles. The Hall–Kier alpha value is -1.97. The van der Waals surface area contributed by atoms with Gasteiger partial charge in [-0.05, 0) is 17.5 Å². The Labute approximate surface area is 107 Å². The maximum atomic E-state index is 11.9. The van der Waals surface area contributed by atoms with E-state index in [9.17, 15) is 4.79 Å². The molecule has 0 spiro atoms. The van der Waals surface area contributed by atoms with E-state index in [0.717, 1.165) is 0 Å². The lowest BCUT2D eigenvalue weighted by Gasteiger charge is -2.21. The van der Waals surface area contributed by atoms with Gasteiger partial charge in [0.2, 0.25) is 5.76 Å². The molecule has 4 nitrogen and oxygen atoms in total. The van der Waals surface area contributed by atoms with E-state index >= 15 is 0 Å². The van der Waals surface area contributed by atoms with Crippen molar-refractivity contribution >= 4 is 5.91 Å². The second-order valence-corrected chi connectivity index (χ2v) is 5.39. The molecule has 0 aromatic heterocycles. The Bertz CT molecular complexity index is 486. The highest BCUT2D eigenvalue weighted by Crippen LogP contribution is 2.31. The fourth-order valence-electron chi connectivity index (χ4n) is 1.42. The molecule has 1 amide bonds. The van der Waals surface area contributed by atoms with Crippen LogP contribution in [0.15, 0.2) is 36.3 Å². The molecule has 0 saturated carbocycles. The van der Waals surface area contributed by atoms with Crippen LogP contribution in [0.25, 0.3) is 0 Å². The summed E-state index contributed by atoms with van der Waals surface area (Å²) in [5, 5.41) is 2.81. The van der Waals surface area contributed by atoms with Gasteiger partial charge < -0.3 is 14.8 Å². The highest BCUT2D eigenvalue weighted by molar-refractivity contribution is 5.92. The maximum absolute atomic E-state index is 11.9. The van der Waals surface area contributed by atoms with Gasteiger partial charge in [-0.15, -0.1) is 0 Å². The van der Waals surface area contributed by atoms with Gasteiger partial charge >= 0.3 is 0 Å². The van der Waals surface area contributed by atoms with Crippen LogP contribution in [-0.4, -0.2) is 12.5 Å². The highest BCUT2D eigenvalue weighted by atomic mass is 16.6. The largest absolute Gasteiger partial charge is 0.457 e. The van der Waals surface area contributed by atoms with Gasteiger partial charge in [0.15, 0.2) is 11.5 Å². The number of hydrogen-bond acceptors (Lipinski definition) is 3. The first-order valence-corrected chi connectivity index (χ1v) is 5.88. The van der Waals surface area contributed by atoms with E-state index in [0.29, 0.717) is 18.0 Å². The van der Waals surface area contributed by atoms with Crippen LogP contribution in [-0.2, 0) is 4.79 Å². The topological polar surface area (TPSA) is 47.6 Å². The van der Waals surface area contributed by atoms with Crippen LogP contribution >= 0.6 is 0 Å². The lowest BCUT2D eigenvalue weighted by Crippen LogP contribution is -2.35. The SMILES string of the molecule is CC(C)(C)CNC(=O)C1=COc2ccccc2O1. The average molecular weight is 247 g/mol. The lowest BCUT2D eigenvalue weighted by atomic mass is 9.97. The number of rotatable bonds is 2. The zero-order valence-electron chi connectivity index (χ0n) is 10.8. The number of amides is 1. The van der Waals surface area contributed by atoms with E-state index < -0.39 is 0 Å². The minimum atomic E-state index is -0.264. The molecule has 0 radical (unpaired) electrons. The summed E-state index contributed by atoms with van der Waals surface area (Å²) in [4.78, 5) is 11.9. The van der Waals surface area contributed by atoms with Crippen LogP contribution in [0.1, 0.15) is 20.8 Å². The van der Waals surface area contributed by atoms with Crippen LogP contribution in [0.5, 0.6) is 11.5 Å². The van der Waals surface area contributed by atoms with Crippen LogP contribution in [0.3, 0.4) is 0 Å². The number of hydrogen-bond donors (Lipinski definition) is 1. The molecule has 96 valence electrons. The summed E-state index contributed by atoms with van der Waals surface area (Å²) >= 11 is 0. The van der Waals surface area contributed by atoms with Crippen molar-refractivity contribution in [3.8, 4) is 11.5 Å². The smallest absolute Gasteiger partial charge is 0.290 e. The monoisotopic (exact) mass is 247 g/mol. The Kier molecular flexibility index (Phi) is 3.28. The van der Waals surface area contributed by atoms with Crippen molar-refractivity contribution in [2.75, 3.05) is 6.54 Å². The van der Waals surface area contributed by atoms with Crippen LogP contribution < -0.4 is 14.8 Å². The molecule has 0 unspecified atom stereocenters. The van der Waals surface area contributed by atoms with Gasteiger partial charge in [0, 0.05) is 6.54 Å². The molecule has 18 heavy (non-hydrogen) atoms. The second kappa shape index (κ2) is 4.72. The normalized spacial score (nSPS) is 13.8. The van der Waals surface area contributed by atoms with Gasteiger partial charge in [0.1, 0.15) is 6.26 Å². The molecule has 1 aliphatic rings. The molecule has 1 N–H and O–H groups in total. The van der Waals surface area contributed by atoms with Crippen molar-refractivity contribution in [2.24, 2.45) is 5.41 Å². The fourth-order valence-corrected chi connectivity index (χ4v) is 1.42. The first-order valence-electron chi connectivity index (χ1n) is 5.88. The quantitative estimate of drug-likeness (QED) is 0.873. The zero-order chi connectivity index (χ0) is 13.2. The number of fused-ring (bicyclic) bond motifs is 1. The summed E-state index contributed by atoms with van der Waals surface area (Å²) in [6, 6.07) is 7.23. The van der Waals surface area contributed by atoms with Gasteiger partial charge in [0.25, 0.3) is 5.91 Å². The first kappa shape index (κ1) is 12.5. The summed E-state index contributed by atoms with van der Waals surface area (Å²) in [6.45, 7) is 6.73. The molecular weight excluding hydrogens is 230 g/mol. The number of nitrogens with one attached hydrogen (secondary N) is 1. The summed E-state index contributed by atoms with van der Waals surface area (Å²) in [6.07, 6.45) is 1.33. The van der Waals surface area contributed by atoms with E-state index in [1.165, 1.54) is 6.26 Å². The Morgan fingerprint density at radius 1 is 1.22 bits per heavy atom. The third-order valence-electron chi connectivity index (χ3n) is 2.37. The van der Waals surface area contributed by atoms with Gasteiger partial charge in [-0.25, -0.2) is 0 Å². The molecule has 1 heterocycles. The molecule has 0 bridgehead atoms. The third-order valence-corrected chi connectivity index (χ3v) is 2.37. The van der Waals surface area contributed by atoms with Gasteiger partial charge in [-0.1, -0.05) is 32.9 Å². The van der Waals surface area contributed by atoms with Gasteiger partial charge in [0.05, 0.1) is 0 Å². The Balaban J connectivity index is 2.00. The number of benzene rings is 1. The standard InChI is InChI=1S/C14H17NO3/c1-14(2,3)9-15-13(16)12-8-17-10-6-4-5-7-11(10)18-12/h4-8H,9H2,1-3H3,(H,15,16). The number of ether oxygens (including phenoxy) is 2. The van der Waals surface area contributed by atoms with Crippen LogP contribution in [0.4, 0.5) is 0 Å². The van der Waals surface area contributed by atoms with Crippen LogP contribution in [0, 0.1) is 5.41 Å². The van der Waals surface area contributed by atoms with Gasteiger partial charge in [-0.3, -0.25) is 4.79 Å². The fraction of sp³-hybridized carbons (Fsp3) is 0.357. The molecule has 0 saturated heterocycles. The minimum Gasteiger partial charge on any atom is -0.457 e. The summed E-state index contributed by atoms with van der Waals surface area (Å²) in [5.41, 5.74) is 0.0314. The lowest BCUT2D eigenvalue weighted by molar-refractivity contribution is -0.120. The van der Waals surface area contributed by atoms with Crippen molar-refractivity contribution in [3.05, 3.63) is 36.3 Å². The van der Waals surface area contributed by atoms with E-state index in [-0.39, 0.29) is 17.1 Å².